The molecular formula is C18H15ClF5N5O4S. The Kier molecular flexibility index (Phi) is 6.52. The summed E-state index contributed by atoms with van der Waals surface area (Å²) >= 11 is 6.97. The smallest absolute Gasteiger partial charge is 0.414 e. The van der Waals surface area contributed by atoms with Crippen molar-refractivity contribution in [3.05, 3.63) is 33.4 Å². The third kappa shape index (κ3) is 4.86. The molecule has 0 unspecified atom stereocenters. The summed E-state index contributed by atoms with van der Waals surface area (Å²) in [6.45, 7) is -3.64. The fourth-order valence-corrected chi connectivity index (χ4v) is 4.79. The third-order valence-corrected chi connectivity index (χ3v) is 6.46. The van der Waals surface area contributed by atoms with Crippen molar-refractivity contribution in [2.45, 2.75) is 30.9 Å². The lowest BCUT2D eigenvalue weighted by Gasteiger charge is -2.44. The lowest BCUT2D eigenvalue weighted by molar-refractivity contribution is -0.249. The molecule has 1 fully saturated rings. The number of hydrogen-bond acceptors (Lipinski definition) is 9. The Balaban J connectivity index is 1.54. The van der Waals surface area contributed by atoms with Gasteiger partial charge < -0.3 is 25.3 Å². The van der Waals surface area contributed by atoms with E-state index in [4.69, 9.17) is 26.8 Å². The Morgan fingerprint density at radius 3 is 2.85 bits per heavy atom. The number of halogens is 6. The molecule has 1 saturated heterocycles. The van der Waals surface area contributed by atoms with E-state index >= 15 is 0 Å². The molecule has 2 aromatic rings. The van der Waals surface area contributed by atoms with Crippen LogP contribution < -0.4 is 15.8 Å². The number of anilines is 1. The Morgan fingerprint density at radius 2 is 2.18 bits per heavy atom. The predicted molar refractivity (Wildman–Crippen MR) is 109 cm³/mol. The van der Waals surface area contributed by atoms with Crippen LogP contribution in [0.4, 0.5) is 27.8 Å². The number of carbonyl (C=O) groups is 1. The number of amidine groups is 1. The van der Waals surface area contributed by atoms with Crippen molar-refractivity contribution in [3.63, 3.8) is 0 Å². The van der Waals surface area contributed by atoms with Crippen LogP contribution >= 0.6 is 22.9 Å². The minimum Gasteiger partial charge on any atom is -0.465 e. The summed E-state index contributed by atoms with van der Waals surface area (Å²) in [5.74, 6) is -1.82. The molecule has 184 valence electrons. The Labute approximate surface area is 197 Å². The number of pyridine rings is 1. The second kappa shape index (κ2) is 9.11. The Morgan fingerprint density at radius 1 is 1.41 bits per heavy atom. The molecule has 3 atom stereocenters. The number of aromatic nitrogens is 2. The molecule has 3 N–H and O–H groups in total. The summed E-state index contributed by atoms with van der Waals surface area (Å²) in [4.78, 5) is 24.8. The van der Waals surface area contributed by atoms with Gasteiger partial charge in [-0.25, -0.2) is 15.0 Å². The van der Waals surface area contributed by atoms with E-state index in [1.165, 1.54) is 5.38 Å². The van der Waals surface area contributed by atoms with Crippen molar-refractivity contribution in [1.82, 2.24) is 9.97 Å². The number of nitrogens with zero attached hydrogens (tertiary/aromatic N) is 3. The normalized spacial score (nSPS) is 24.7. The van der Waals surface area contributed by atoms with Gasteiger partial charge in [-0.05, 0) is 6.42 Å². The van der Waals surface area contributed by atoms with E-state index in [0.717, 1.165) is 23.6 Å². The molecule has 0 aromatic carbocycles. The van der Waals surface area contributed by atoms with Crippen LogP contribution in [-0.2, 0) is 15.0 Å². The highest BCUT2D eigenvalue weighted by Crippen LogP contribution is 2.47. The summed E-state index contributed by atoms with van der Waals surface area (Å²) in [6, 6.07) is 0.787. The number of carbonyl (C=O) groups excluding carboxylic acids is 1. The minimum absolute atomic E-state index is 0.0436. The first-order chi connectivity index (χ1) is 16.0. The number of amides is 1. The Hall–Kier alpha value is -2.78. The van der Waals surface area contributed by atoms with Crippen molar-refractivity contribution in [2.75, 3.05) is 18.5 Å². The predicted octanol–water partition coefficient (Wildman–Crippen LogP) is 3.55. The number of ether oxygens (including phenoxy) is 3. The van der Waals surface area contributed by atoms with Gasteiger partial charge in [-0.1, -0.05) is 11.6 Å². The maximum atomic E-state index is 13.2. The topological polar surface area (TPSA) is 121 Å². The molecule has 2 aliphatic heterocycles. The zero-order chi connectivity index (χ0) is 24.7. The van der Waals surface area contributed by atoms with Crippen LogP contribution in [0.2, 0.25) is 5.02 Å². The molecule has 4 rings (SSSR count). The molecule has 0 aliphatic carbocycles. The highest BCUT2D eigenvalue weighted by atomic mass is 35.5. The molecular weight excluding hydrogens is 513 g/mol. The molecule has 2 aromatic heterocycles. The largest absolute Gasteiger partial charge is 0.465 e. The van der Waals surface area contributed by atoms with Gasteiger partial charge in [0.05, 0.1) is 24.4 Å². The van der Waals surface area contributed by atoms with Crippen molar-refractivity contribution in [2.24, 2.45) is 16.6 Å². The molecule has 0 radical (unpaired) electrons. The first-order valence-electron chi connectivity index (χ1n) is 9.52. The van der Waals surface area contributed by atoms with Crippen molar-refractivity contribution >= 4 is 40.7 Å². The van der Waals surface area contributed by atoms with Gasteiger partial charge in [-0.2, -0.15) is 22.0 Å². The lowest BCUT2D eigenvalue weighted by Crippen LogP contribution is -2.54. The van der Waals surface area contributed by atoms with E-state index in [2.05, 4.69) is 25.0 Å². The summed E-state index contributed by atoms with van der Waals surface area (Å²) in [7, 11) is 0. The van der Waals surface area contributed by atoms with E-state index in [-0.39, 0.29) is 39.9 Å². The third-order valence-electron chi connectivity index (χ3n) is 5.16. The SMILES string of the molecule is NC1=N[C@]2(c3nc(NC(=O)c4ncc(OC(F)F)cc4Cl)cs3)CO[C@H](C(F)(F)F)C[C@@H]2CO1. The number of alkyl halides is 5. The molecule has 16 heteroatoms. The summed E-state index contributed by atoms with van der Waals surface area (Å²) < 4.78 is 78.6. The molecule has 0 saturated carbocycles. The summed E-state index contributed by atoms with van der Waals surface area (Å²) in [6.07, 6.45) is -6.04. The van der Waals surface area contributed by atoms with Crippen molar-refractivity contribution in [1.29, 1.82) is 0 Å². The van der Waals surface area contributed by atoms with Gasteiger partial charge in [0.15, 0.2) is 6.10 Å². The van der Waals surface area contributed by atoms with E-state index in [1.807, 2.05) is 0 Å². The molecule has 0 bridgehead atoms. The molecule has 9 nitrogen and oxygen atoms in total. The number of nitrogens with one attached hydrogen (secondary N) is 1. The molecule has 1 amide bonds. The number of fused-ring (bicyclic) bond motifs is 1. The van der Waals surface area contributed by atoms with Gasteiger partial charge in [0, 0.05) is 17.4 Å². The number of aliphatic imine (C=N–C) groups is 1. The molecule has 2 aliphatic rings. The van der Waals surface area contributed by atoms with Crippen LogP contribution in [0.15, 0.2) is 22.6 Å². The van der Waals surface area contributed by atoms with Crippen LogP contribution in [-0.4, -0.2) is 54.0 Å². The average Bonchev–Trinajstić information content (AvgIpc) is 3.21. The van der Waals surface area contributed by atoms with Gasteiger partial charge in [-0.3, -0.25) is 4.79 Å². The zero-order valence-corrected chi connectivity index (χ0v) is 18.4. The first kappa shape index (κ1) is 24.3. The van der Waals surface area contributed by atoms with Gasteiger partial charge in [-0.15, -0.1) is 11.3 Å². The van der Waals surface area contributed by atoms with Crippen LogP contribution in [0.3, 0.4) is 0 Å². The van der Waals surface area contributed by atoms with Crippen LogP contribution in [0.1, 0.15) is 21.9 Å². The first-order valence-corrected chi connectivity index (χ1v) is 10.8. The average molecular weight is 528 g/mol. The number of thiazole rings is 1. The second-order valence-corrected chi connectivity index (χ2v) is 8.60. The zero-order valence-electron chi connectivity index (χ0n) is 16.8. The second-order valence-electron chi connectivity index (χ2n) is 7.33. The van der Waals surface area contributed by atoms with Gasteiger partial charge in [0.25, 0.3) is 11.9 Å². The van der Waals surface area contributed by atoms with E-state index in [0.29, 0.717) is 0 Å². The summed E-state index contributed by atoms with van der Waals surface area (Å²) in [5, 5.41) is 3.91. The van der Waals surface area contributed by atoms with Gasteiger partial charge in [0.1, 0.15) is 27.8 Å². The quantitative estimate of drug-likeness (QED) is 0.570. The molecule has 0 spiro atoms. The highest BCUT2D eigenvalue weighted by Gasteiger charge is 2.56. The van der Waals surface area contributed by atoms with Crippen molar-refractivity contribution < 1.29 is 41.0 Å². The van der Waals surface area contributed by atoms with Gasteiger partial charge >= 0.3 is 12.8 Å². The number of hydrogen-bond donors (Lipinski definition) is 2. The minimum atomic E-state index is -4.55. The monoisotopic (exact) mass is 527 g/mol. The van der Waals surface area contributed by atoms with Crippen LogP contribution in [0.25, 0.3) is 0 Å². The Bertz CT molecular complexity index is 1120. The number of nitrogens with two attached hydrogens (primary N) is 1. The van der Waals surface area contributed by atoms with Gasteiger partial charge in [0.2, 0.25) is 0 Å². The van der Waals surface area contributed by atoms with Crippen LogP contribution in [0.5, 0.6) is 5.75 Å². The van der Waals surface area contributed by atoms with E-state index in [9.17, 15) is 26.7 Å². The van der Waals surface area contributed by atoms with Crippen molar-refractivity contribution in [3.8, 4) is 5.75 Å². The maximum Gasteiger partial charge on any atom is 0.414 e. The van der Waals surface area contributed by atoms with E-state index in [1.54, 1.807) is 0 Å². The van der Waals surface area contributed by atoms with Crippen LogP contribution in [0, 0.1) is 5.92 Å². The maximum absolute atomic E-state index is 13.2. The number of rotatable bonds is 5. The highest BCUT2D eigenvalue weighted by molar-refractivity contribution is 7.10. The molecule has 34 heavy (non-hydrogen) atoms. The summed E-state index contributed by atoms with van der Waals surface area (Å²) in [5.41, 5.74) is 4.09. The standard InChI is InChI=1S/C18H15ClF5N5O4S/c19-9-2-8(33-15(20)21)3-26-12(9)13(30)27-11-5-34-14(28-11)17-6-32-10(18(22,23)24)1-7(17)4-31-16(25)29-17/h2-3,5,7,10,15H,1,4,6H2,(H2,25,29)(H,27,30)/t7-,10+,17-/m1/s1. The fraction of sp³-hybridized carbons (Fsp3) is 0.444. The fourth-order valence-electron chi connectivity index (χ4n) is 3.58. The lowest BCUT2D eigenvalue weighted by atomic mass is 9.79. The van der Waals surface area contributed by atoms with E-state index < -0.39 is 49.3 Å². The molecule has 4 heterocycles.